The van der Waals surface area contributed by atoms with Crippen molar-refractivity contribution in [1.82, 2.24) is 10.3 Å². The van der Waals surface area contributed by atoms with Gasteiger partial charge in [-0.25, -0.2) is 9.37 Å². The molecule has 1 aromatic heterocycles. The number of anilines is 1. The summed E-state index contributed by atoms with van der Waals surface area (Å²) < 4.78 is 12.6. The number of aromatic nitrogens is 1. The van der Waals surface area contributed by atoms with Crippen molar-refractivity contribution < 1.29 is 9.18 Å². The molecule has 1 amide bonds. The van der Waals surface area contributed by atoms with Gasteiger partial charge in [0.15, 0.2) is 0 Å². The van der Waals surface area contributed by atoms with E-state index >= 15 is 0 Å². The molecule has 0 saturated carbocycles. The molecule has 1 aliphatic rings. The third-order valence-electron chi connectivity index (χ3n) is 2.53. The zero-order valence-corrected chi connectivity index (χ0v) is 8.40. The van der Waals surface area contributed by atoms with Crippen LogP contribution in [0.4, 0.5) is 10.2 Å². The van der Waals surface area contributed by atoms with E-state index in [1.165, 1.54) is 12.3 Å². The minimum absolute atomic E-state index is 0.0295. The van der Waals surface area contributed by atoms with E-state index in [1.54, 1.807) is 13.1 Å². The number of nitrogens with one attached hydrogen (secondary N) is 1. The summed E-state index contributed by atoms with van der Waals surface area (Å²) in [6.07, 6.45) is 1.18. The van der Waals surface area contributed by atoms with E-state index in [2.05, 4.69) is 10.3 Å². The number of carbonyl (C=O) groups is 1. The average Bonchev–Trinajstić information content (AvgIpc) is 2.18. The first-order chi connectivity index (χ1) is 7.20. The summed E-state index contributed by atoms with van der Waals surface area (Å²) in [5.74, 6) is 0.453. The second-order valence-corrected chi connectivity index (χ2v) is 3.55. The van der Waals surface area contributed by atoms with Crippen LogP contribution in [0, 0.1) is 11.7 Å². The largest absolute Gasteiger partial charge is 0.359 e. The second-order valence-electron chi connectivity index (χ2n) is 3.55. The second kappa shape index (κ2) is 3.84. The third-order valence-corrected chi connectivity index (χ3v) is 2.53. The van der Waals surface area contributed by atoms with Crippen molar-refractivity contribution >= 4 is 11.7 Å². The molecule has 4 nitrogen and oxygen atoms in total. The normalized spacial score (nSPS) is 16.0. The quantitative estimate of drug-likeness (QED) is 0.767. The Morgan fingerprint density at radius 3 is 2.87 bits per heavy atom. The maximum absolute atomic E-state index is 12.6. The Morgan fingerprint density at radius 1 is 1.60 bits per heavy atom. The monoisotopic (exact) mass is 209 g/mol. The lowest BCUT2D eigenvalue weighted by atomic mass is 9.99. The van der Waals surface area contributed by atoms with Crippen molar-refractivity contribution in [1.29, 1.82) is 0 Å². The molecule has 0 radical (unpaired) electrons. The lowest BCUT2D eigenvalue weighted by molar-refractivity contribution is -0.125. The van der Waals surface area contributed by atoms with Crippen LogP contribution < -0.4 is 10.2 Å². The fraction of sp³-hybridized carbons (Fsp3) is 0.400. The van der Waals surface area contributed by atoms with Crippen LogP contribution in [0.3, 0.4) is 0 Å². The Balaban J connectivity index is 1.94. The van der Waals surface area contributed by atoms with Crippen molar-refractivity contribution in [3.8, 4) is 0 Å². The SMILES string of the molecule is CNC(=O)C1CN(c2ccc(F)cn2)C1. The number of rotatable bonds is 2. The lowest BCUT2D eigenvalue weighted by Crippen LogP contribution is -2.53. The molecule has 0 aliphatic carbocycles. The molecule has 0 aromatic carbocycles. The fourth-order valence-corrected chi connectivity index (χ4v) is 1.59. The Kier molecular flexibility index (Phi) is 2.53. The van der Waals surface area contributed by atoms with E-state index in [-0.39, 0.29) is 17.6 Å². The highest BCUT2D eigenvalue weighted by atomic mass is 19.1. The summed E-state index contributed by atoms with van der Waals surface area (Å²) in [6, 6.07) is 2.99. The van der Waals surface area contributed by atoms with Crippen LogP contribution in [0.5, 0.6) is 0 Å². The molecule has 1 aromatic rings. The van der Waals surface area contributed by atoms with Crippen LogP contribution in [-0.4, -0.2) is 31.0 Å². The Labute approximate surface area is 87.1 Å². The van der Waals surface area contributed by atoms with Crippen molar-refractivity contribution in [3.63, 3.8) is 0 Å². The van der Waals surface area contributed by atoms with E-state index in [0.717, 1.165) is 5.82 Å². The van der Waals surface area contributed by atoms with E-state index in [0.29, 0.717) is 13.1 Å². The van der Waals surface area contributed by atoms with Gasteiger partial charge in [-0.3, -0.25) is 4.79 Å². The van der Waals surface area contributed by atoms with Gasteiger partial charge in [-0.1, -0.05) is 0 Å². The van der Waals surface area contributed by atoms with Gasteiger partial charge in [-0.2, -0.15) is 0 Å². The summed E-state index contributed by atoms with van der Waals surface area (Å²) in [7, 11) is 1.63. The standard InChI is InChI=1S/C10H12FN3O/c1-12-10(15)7-5-14(6-7)9-3-2-8(11)4-13-9/h2-4,7H,5-6H2,1H3,(H,12,15). The fourth-order valence-electron chi connectivity index (χ4n) is 1.59. The predicted octanol–water partition coefficient (Wildman–Crippen LogP) is 0.403. The van der Waals surface area contributed by atoms with Gasteiger partial charge in [-0.15, -0.1) is 0 Å². The highest BCUT2D eigenvalue weighted by Crippen LogP contribution is 2.22. The molecule has 80 valence electrons. The van der Waals surface area contributed by atoms with Gasteiger partial charge in [-0.05, 0) is 12.1 Å². The van der Waals surface area contributed by atoms with Crippen LogP contribution in [0.15, 0.2) is 18.3 Å². The minimum Gasteiger partial charge on any atom is -0.359 e. The number of halogens is 1. The smallest absolute Gasteiger partial charge is 0.226 e. The van der Waals surface area contributed by atoms with Gasteiger partial charge in [0, 0.05) is 20.1 Å². The molecule has 1 fully saturated rings. The summed E-state index contributed by atoms with van der Waals surface area (Å²) in [4.78, 5) is 17.1. The summed E-state index contributed by atoms with van der Waals surface area (Å²) >= 11 is 0. The van der Waals surface area contributed by atoms with E-state index < -0.39 is 0 Å². The molecular weight excluding hydrogens is 197 g/mol. The van der Waals surface area contributed by atoms with Gasteiger partial charge >= 0.3 is 0 Å². The predicted molar refractivity (Wildman–Crippen MR) is 54.0 cm³/mol. The number of nitrogens with zero attached hydrogens (tertiary/aromatic N) is 2. The molecule has 2 heterocycles. The summed E-state index contributed by atoms with van der Waals surface area (Å²) in [5, 5.41) is 2.60. The molecule has 2 rings (SSSR count). The highest BCUT2D eigenvalue weighted by molar-refractivity contribution is 5.81. The van der Waals surface area contributed by atoms with Crippen LogP contribution in [0.1, 0.15) is 0 Å². The number of amides is 1. The van der Waals surface area contributed by atoms with Gasteiger partial charge in [0.05, 0.1) is 12.1 Å². The minimum atomic E-state index is -0.345. The van der Waals surface area contributed by atoms with E-state index in [4.69, 9.17) is 0 Å². The Bertz CT molecular complexity index is 359. The maximum Gasteiger partial charge on any atom is 0.226 e. The zero-order valence-electron chi connectivity index (χ0n) is 8.40. The first-order valence-electron chi connectivity index (χ1n) is 4.79. The number of carbonyl (C=O) groups excluding carboxylic acids is 1. The summed E-state index contributed by atoms with van der Waals surface area (Å²) in [5.41, 5.74) is 0. The van der Waals surface area contributed by atoms with E-state index in [1.807, 2.05) is 4.90 Å². The lowest BCUT2D eigenvalue weighted by Gasteiger charge is -2.38. The zero-order chi connectivity index (χ0) is 10.8. The van der Waals surface area contributed by atoms with Crippen LogP contribution in [-0.2, 0) is 4.79 Å². The molecule has 5 heteroatoms. The maximum atomic E-state index is 12.6. The molecule has 0 bridgehead atoms. The molecule has 0 unspecified atom stereocenters. The average molecular weight is 209 g/mol. The Hall–Kier alpha value is -1.65. The molecule has 1 aliphatic heterocycles. The number of hydrogen-bond acceptors (Lipinski definition) is 3. The van der Waals surface area contributed by atoms with Gasteiger partial charge in [0.2, 0.25) is 5.91 Å². The first kappa shape index (κ1) is 9.89. The molecule has 0 atom stereocenters. The number of hydrogen-bond donors (Lipinski definition) is 1. The van der Waals surface area contributed by atoms with Crippen LogP contribution in [0.2, 0.25) is 0 Å². The van der Waals surface area contributed by atoms with Gasteiger partial charge in [0.25, 0.3) is 0 Å². The van der Waals surface area contributed by atoms with Crippen molar-refractivity contribution in [3.05, 3.63) is 24.1 Å². The van der Waals surface area contributed by atoms with Crippen LogP contribution >= 0.6 is 0 Å². The van der Waals surface area contributed by atoms with E-state index in [9.17, 15) is 9.18 Å². The molecule has 1 saturated heterocycles. The van der Waals surface area contributed by atoms with Gasteiger partial charge < -0.3 is 10.2 Å². The summed E-state index contributed by atoms with van der Waals surface area (Å²) in [6.45, 7) is 1.30. The molecule has 0 spiro atoms. The molecule has 1 N–H and O–H groups in total. The molecular formula is C10H12FN3O. The van der Waals surface area contributed by atoms with Crippen LogP contribution in [0.25, 0.3) is 0 Å². The molecule has 15 heavy (non-hydrogen) atoms. The van der Waals surface area contributed by atoms with Crippen molar-refractivity contribution in [2.45, 2.75) is 0 Å². The number of pyridine rings is 1. The highest BCUT2D eigenvalue weighted by Gasteiger charge is 2.32. The van der Waals surface area contributed by atoms with Crippen molar-refractivity contribution in [2.24, 2.45) is 5.92 Å². The first-order valence-corrected chi connectivity index (χ1v) is 4.79. The van der Waals surface area contributed by atoms with Gasteiger partial charge in [0.1, 0.15) is 11.6 Å². The van der Waals surface area contributed by atoms with Crippen molar-refractivity contribution in [2.75, 3.05) is 25.0 Å². The Morgan fingerprint density at radius 2 is 2.33 bits per heavy atom. The third kappa shape index (κ3) is 1.91. The topological polar surface area (TPSA) is 45.2 Å².